The van der Waals surface area contributed by atoms with Crippen LogP contribution in [-0.4, -0.2) is 6.54 Å². The van der Waals surface area contributed by atoms with Crippen LogP contribution in [-0.2, 0) is 0 Å². The molecule has 76 valence electrons. The molecular weight excluding hydrogens is 252 g/mol. The van der Waals surface area contributed by atoms with Crippen LogP contribution in [0.5, 0.6) is 0 Å². The van der Waals surface area contributed by atoms with Crippen LogP contribution in [0.3, 0.4) is 0 Å². The lowest BCUT2D eigenvalue weighted by atomic mass is 10.1. The molecular formula is C10H10BrF2N. The molecule has 0 heterocycles. The number of benzene rings is 1. The minimum absolute atomic E-state index is 0.0203. The molecule has 1 aromatic rings. The van der Waals surface area contributed by atoms with E-state index in [1.807, 2.05) is 0 Å². The van der Waals surface area contributed by atoms with Gasteiger partial charge in [-0.05, 0) is 36.9 Å². The van der Waals surface area contributed by atoms with Crippen LogP contribution in [0.25, 0.3) is 0 Å². The summed E-state index contributed by atoms with van der Waals surface area (Å²) in [5.74, 6) is -0.719. The van der Waals surface area contributed by atoms with Crippen LogP contribution in [0.2, 0.25) is 0 Å². The standard InChI is InChI=1S/C10H10BrF2N/c11-6-2-8(12)10(9(13)3-6)7-1-5(7)4-14/h2-3,5,7H,1,4,14H2/t5-,7+/m0/s1. The van der Waals surface area contributed by atoms with Crippen LogP contribution in [0.1, 0.15) is 17.9 Å². The van der Waals surface area contributed by atoms with Gasteiger partial charge in [0.15, 0.2) is 0 Å². The van der Waals surface area contributed by atoms with Gasteiger partial charge in [0.2, 0.25) is 0 Å². The number of hydrogen-bond donors (Lipinski definition) is 1. The van der Waals surface area contributed by atoms with Crippen molar-refractivity contribution in [3.8, 4) is 0 Å². The maximum Gasteiger partial charge on any atom is 0.130 e. The molecule has 1 aromatic carbocycles. The van der Waals surface area contributed by atoms with E-state index in [9.17, 15) is 8.78 Å². The number of hydrogen-bond acceptors (Lipinski definition) is 1. The van der Waals surface area contributed by atoms with Gasteiger partial charge in [-0.3, -0.25) is 0 Å². The Labute approximate surface area is 89.4 Å². The van der Waals surface area contributed by atoms with Gasteiger partial charge in [-0.1, -0.05) is 15.9 Å². The predicted molar refractivity (Wildman–Crippen MR) is 54.0 cm³/mol. The van der Waals surface area contributed by atoms with E-state index in [2.05, 4.69) is 15.9 Å². The quantitative estimate of drug-likeness (QED) is 0.871. The molecule has 0 aromatic heterocycles. The molecule has 0 aliphatic heterocycles. The summed E-state index contributed by atoms with van der Waals surface area (Å²) in [6.45, 7) is 0.500. The first-order valence-electron chi connectivity index (χ1n) is 4.48. The summed E-state index contributed by atoms with van der Waals surface area (Å²) in [4.78, 5) is 0. The topological polar surface area (TPSA) is 26.0 Å². The highest BCUT2D eigenvalue weighted by Crippen LogP contribution is 2.48. The molecule has 1 aliphatic carbocycles. The Hall–Kier alpha value is -0.480. The van der Waals surface area contributed by atoms with Crippen molar-refractivity contribution in [2.24, 2.45) is 11.7 Å². The van der Waals surface area contributed by atoms with Crippen molar-refractivity contribution < 1.29 is 8.78 Å². The van der Waals surface area contributed by atoms with Crippen molar-refractivity contribution in [2.45, 2.75) is 12.3 Å². The van der Waals surface area contributed by atoms with Crippen molar-refractivity contribution in [1.82, 2.24) is 0 Å². The largest absolute Gasteiger partial charge is 0.330 e. The first-order valence-corrected chi connectivity index (χ1v) is 5.27. The second kappa shape index (κ2) is 3.59. The highest BCUT2D eigenvalue weighted by atomic mass is 79.9. The monoisotopic (exact) mass is 261 g/mol. The lowest BCUT2D eigenvalue weighted by molar-refractivity contribution is 0.550. The van der Waals surface area contributed by atoms with Gasteiger partial charge in [-0.25, -0.2) is 8.78 Å². The lowest BCUT2D eigenvalue weighted by Crippen LogP contribution is -2.03. The molecule has 1 fully saturated rings. The minimum atomic E-state index is -0.474. The highest BCUT2D eigenvalue weighted by molar-refractivity contribution is 9.10. The zero-order valence-electron chi connectivity index (χ0n) is 7.43. The Kier molecular flexibility index (Phi) is 2.58. The van der Waals surface area contributed by atoms with Gasteiger partial charge in [0.1, 0.15) is 11.6 Å². The molecule has 0 bridgehead atoms. The molecule has 4 heteroatoms. The average Bonchev–Trinajstić information content (AvgIpc) is 2.81. The van der Waals surface area contributed by atoms with Gasteiger partial charge >= 0.3 is 0 Å². The molecule has 0 saturated heterocycles. The molecule has 2 atom stereocenters. The molecule has 0 unspecified atom stereocenters. The predicted octanol–water partition coefficient (Wildman–Crippen LogP) is 2.79. The smallest absolute Gasteiger partial charge is 0.130 e. The zero-order valence-corrected chi connectivity index (χ0v) is 9.02. The van der Waals surface area contributed by atoms with E-state index in [0.717, 1.165) is 6.42 Å². The molecule has 1 nitrogen and oxygen atoms in total. The summed E-state index contributed by atoms with van der Waals surface area (Å²) in [7, 11) is 0. The van der Waals surface area contributed by atoms with Crippen molar-refractivity contribution in [3.63, 3.8) is 0 Å². The van der Waals surface area contributed by atoms with Crippen LogP contribution in [0.15, 0.2) is 16.6 Å². The third-order valence-corrected chi connectivity index (χ3v) is 3.10. The molecule has 1 saturated carbocycles. The van der Waals surface area contributed by atoms with E-state index < -0.39 is 11.6 Å². The van der Waals surface area contributed by atoms with Crippen molar-refractivity contribution in [1.29, 1.82) is 0 Å². The number of nitrogens with two attached hydrogens (primary N) is 1. The number of halogens is 3. The summed E-state index contributed by atoms with van der Waals surface area (Å²) in [6, 6.07) is 2.59. The molecule has 2 rings (SSSR count). The molecule has 0 amide bonds. The maximum atomic E-state index is 13.4. The van der Waals surface area contributed by atoms with E-state index in [0.29, 0.717) is 11.0 Å². The van der Waals surface area contributed by atoms with E-state index in [1.165, 1.54) is 12.1 Å². The Morgan fingerprint density at radius 2 is 1.93 bits per heavy atom. The SMILES string of the molecule is NC[C@@H]1C[C@H]1c1c(F)cc(Br)cc1F. The summed E-state index contributed by atoms with van der Waals surface area (Å²) < 4.78 is 27.2. The second-order valence-corrected chi connectivity index (χ2v) is 4.54. The lowest BCUT2D eigenvalue weighted by Gasteiger charge is -2.04. The normalized spacial score (nSPS) is 25.1. The third-order valence-electron chi connectivity index (χ3n) is 2.64. The van der Waals surface area contributed by atoms with Crippen molar-refractivity contribution in [3.05, 3.63) is 33.8 Å². The van der Waals surface area contributed by atoms with Crippen LogP contribution in [0, 0.1) is 17.6 Å². The molecule has 14 heavy (non-hydrogen) atoms. The molecule has 2 N–H and O–H groups in total. The van der Waals surface area contributed by atoms with Gasteiger partial charge in [0.05, 0.1) is 0 Å². The summed E-state index contributed by atoms with van der Waals surface area (Å²) in [5, 5.41) is 0. The maximum absolute atomic E-state index is 13.4. The highest BCUT2D eigenvalue weighted by Gasteiger charge is 2.40. The molecule has 0 spiro atoms. The summed E-state index contributed by atoms with van der Waals surface area (Å²) in [6.07, 6.45) is 0.798. The Balaban J connectivity index is 2.34. The van der Waals surface area contributed by atoms with Gasteiger partial charge in [0.25, 0.3) is 0 Å². The van der Waals surface area contributed by atoms with Crippen LogP contribution in [0.4, 0.5) is 8.78 Å². The Morgan fingerprint density at radius 3 is 2.36 bits per heavy atom. The van der Waals surface area contributed by atoms with Gasteiger partial charge in [0, 0.05) is 10.0 Å². The van der Waals surface area contributed by atoms with Gasteiger partial charge in [-0.2, -0.15) is 0 Å². The van der Waals surface area contributed by atoms with Crippen molar-refractivity contribution >= 4 is 15.9 Å². The van der Waals surface area contributed by atoms with E-state index in [4.69, 9.17) is 5.73 Å². The Morgan fingerprint density at radius 1 is 1.36 bits per heavy atom. The first kappa shape index (κ1) is 10.1. The second-order valence-electron chi connectivity index (χ2n) is 3.62. The van der Waals surface area contributed by atoms with Crippen molar-refractivity contribution in [2.75, 3.05) is 6.54 Å². The Bertz CT molecular complexity index is 344. The van der Waals surface area contributed by atoms with E-state index in [1.54, 1.807) is 0 Å². The van der Waals surface area contributed by atoms with Gasteiger partial charge in [-0.15, -0.1) is 0 Å². The molecule has 0 radical (unpaired) electrons. The van der Waals surface area contributed by atoms with Crippen LogP contribution < -0.4 is 5.73 Å². The fraction of sp³-hybridized carbons (Fsp3) is 0.400. The fourth-order valence-electron chi connectivity index (χ4n) is 1.77. The van der Waals surface area contributed by atoms with E-state index >= 15 is 0 Å². The summed E-state index contributed by atoms with van der Waals surface area (Å²) in [5.41, 5.74) is 5.64. The first-order chi connectivity index (χ1) is 6.63. The summed E-state index contributed by atoms with van der Waals surface area (Å²) >= 11 is 3.04. The van der Waals surface area contributed by atoms with E-state index in [-0.39, 0.29) is 17.4 Å². The minimum Gasteiger partial charge on any atom is -0.330 e. The zero-order chi connectivity index (χ0) is 10.3. The third kappa shape index (κ3) is 1.68. The number of rotatable bonds is 2. The fourth-order valence-corrected chi connectivity index (χ4v) is 2.17. The average molecular weight is 262 g/mol. The molecule has 1 aliphatic rings. The van der Waals surface area contributed by atoms with Crippen LogP contribution >= 0.6 is 15.9 Å². The van der Waals surface area contributed by atoms with Gasteiger partial charge < -0.3 is 5.73 Å².